The molecule has 1 aliphatic rings. The summed E-state index contributed by atoms with van der Waals surface area (Å²) < 4.78 is 0. The van der Waals surface area contributed by atoms with Crippen LogP contribution in [0.2, 0.25) is 0 Å². The van der Waals surface area contributed by atoms with Crippen LogP contribution in [0.5, 0.6) is 0 Å². The number of aromatic amines is 1. The number of ketones is 1. The maximum atomic E-state index is 12.0. The van der Waals surface area contributed by atoms with Crippen LogP contribution in [0.1, 0.15) is 24.1 Å². The van der Waals surface area contributed by atoms with Gasteiger partial charge in [-0.2, -0.15) is 0 Å². The molecule has 1 aromatic heterocycles. The smallest absolute Gasteiger partial charge is 0.158 e. The molecule has 1 aliphatic heterocycles. The number of para-hydroxylation sites is 1. The van der Waals surface area contributed by atoms with E-state index in [1.807, 2.05) is 36.5 Å². The van der Waals surface area contributed by atoms with Crippen molar-refractivity contribution in [2.45, 2.75) is 19.8 Å². The van der Waals surface area contributed by atoms with Gasteiger partial charge in [0.1, 0.15) is 0 Å². The molecule has 20 heavy (non-hydrogen) atoms. The Morgan fingerprint density at radius 3 is 2.80 bits per heavy atom. The number of rotatable bonds is 2. The Kier molecular flexibility index (Phi) is 2.97. The van der Waals surface area contributed by atoms with Crippen LogP contribution in [0.3, 0.4) is 0 Å². The monoisotopic (exact) mass is 266 g/mol. The molecule has 3 nitrogen and oxygen atoms in total. The van der Waals surface area contributed by atoms with Crippen molar-refractivity contribution >= 4 is 16.7 Å². The van der Waals surface area contributed by atoms with E-state index in [9.17, 15) is 4.79 Å². The Labute approximate surface area is 118 Å². The highest BCUT2D eigenvalue weighted by molar-refractivity contribution is 5.97. The normalized spacial score (nSPS) is 18.4. The number of fused-ring (bicyclic) bond motifs is 1. The molecule has 0 saturated heterocycles. The number of H-pyrrole nitrogens is 1. The van der Waals surface area contributed by atoms with Crippen molar-refractivity contribution in [1.29, 1.82) is 0 Å². The molecule has 0 bridgehead atoms. The Morgan fingerprint density at radius 2 is 2.05 bits per heavy atom. The van der Waals surface area contributed by atoms with Crippen LogP contribution in [0.15, 0.2) is 48.3 Å². The number of hydrogen-bond acceptors (Lipinski definition) is 2. The fourth-order valence-corrected chi connectivity index (χ4v) is 2.93. The van der Waals surface area contributed by atoms with Gasteiger partial charge < -0.3 is 9.88 Å². The number of aromatic nitrogens is 1. The Bertz CT molecular complexity index is 737. The zero-order valence-electron chi connectivity index (χ0n) is 12.0. The number of aryl methyl sites for hydroxylation is 1. The number of carbonyl (C=O) groups is 1. The first kappa shape index (κ1) is 12.7. The number of benzene rings is 1. The van der Waals surface area contributed by atoms with E-state index < -0.39 is 0 Å². The molecule has 0 saturated carbocycles. The maximum absolute atomic E-state index is 12.0. The van der Waals surface area contributed by atoms with Crippen molar-refractivity contribution in [2.24, 2.45) is 0 Å². The minimum absolute atomic E-state index is 0.0276. The number of nitrogens with one attached hydrogen (secondary N) is 1. The number of carbonyl (C=O) groups excluding carboxylic acids is 1. The highest BCUT2D eigenvalue weighted by atomic mass is 16.1. The largest absolute Gasteiger partial charge is 0.358 e. The SMILES string of the molecule is CC(=O)C1=CN(C)C=CC1c1c(C)[nH]c2ccccc12. The van der Waals surface area contributed by atoms with Crippen LogP contribution >= 0.6 is 0 Å². The van der Waals surface area contributed by atoms with Gasteiger partial charge in [0.2, 0.25) is 0 Å². The molecule has 3 heteroatoms. The maximum Gasteiger partial charge on any atom is 0.158 e. The molecule has 2 heterocycles. The molecule has 1 unspecified atom stereocenters. The molecule has 1 N–H and O–H groups in total. The molecule has 0 spiro atoms. The quantitative estimate of drug-likeness (QED) is 0.903. The Balaban J connectivity index is 2.19. The third kappa shape index (κ3) is 1.95. The van der Waals surface area contributed by atoms with E-state index in [2.05, 4.69) is 30.1 Å². The van der Waals surface area contributed by atoms with Crippen LogP contribution in [0.4, 0.5) is 0 Å². The first-order chi connectivity index (χ1) is 9.58. The van der Waals surface area contributed by atoms with E-state index in [0.29, 0.717) is 0 Å². The van der Waals surface area contributed by atoms with Gasteiger partial charge in [-0.15, -0.1) is 0 Å². The zero-order valence-corrected chi connectivity index (χ0v) is 12.0. The standard InChI is InChI=1S/C17H18N2O/c1-11-17(14-6-4-5-7-16(14)18-11)13-8-9-19(3)10-15(13)12(2)20/h4-10,13,18H,1-3H3. The van der Waals surface area contributed by atoms with E-state index in [-0.39, 0.29) is 11.7 Å². The summed E-state index contributed by atoms with van der Waals surface area (Å²) in [6.07, 6.45) is 6.03. The molecule has 0 amide bonds. The zero-order chi connectivity index (χ0) is 14.3. The second kappa shape index (κ2) is 4.67. The molecule has 1 aromatic carbocycles. The lowest BCUT2D eigenvalue weighted by Gasteiger charge is -2.23. The van der Waals surface area contributed by atoms with E-state index in [0.717, 1.165) is 16.8 Å². The van der Waals surface area contributed by atoms with Gasteiger partial charge in [0.05, 0.1) is 0 Å². The van der Waals surface area contributed by atoms with Crippen LogP contribution in [0, 0.1) is 6.92 Å². The summed E-state index contributed by atoms with van der Waals surface area (Å²) in [5.41, 5.74) is 4.28. The third-order valence-corrected chi connectivity index (χ3v) is 3.85. The molecular formula is C17H18N2O. The number of allylic oxidation sites excluding steroid dienone is 2. The van der Waals surface area contributed by atoms with Crippen molar-refractivity contribution < 1.29 is 4.79 Å². The summed E-state index contributed by atoms with van der Waals surface area (Å²) in [4.78, 5) is 17.3. The lowest BCUT2D eigenvalue weighted by Crippen LogP contribution is -2.17. The summed E-state index contributed by atoms with van der Waals surface area (Å²) in [5, 5.41) is 1.19. The minimum atomic E-state index is 0.0276. The van der Waals surface area contributed by atoms with Gasteiger partial charge in [-0.05, 0) is 25.5 Å². The molecule has 1 atom stereocenters. The fraction of sp³-hybridized carbons (Fsp3) is 0.235. The van der Waals surface area contributed by atoms with Gasteiger partial charge in [-0.3, -0.25) is 4.79 Å². The van der Waals surface area contributed by atoms with Crippen molar-refractivity contribution in [3.8, 4) is 0 Å². The average Bonchev–Trinajstić information content (AvgIpc) is 2.74. The van der Waals surface area contributed by atoms with Gasteiger partial charge in [-0.25, -0.2) is 0 Å². The second-order valence-electron chi connectivity index (χ2n) is 5.33. The van der Waals surface area contributed by atoms with Crippen molar-refractivity contribution in [3.63, 3.8) is 0 Å². The van der Waals surface area contributed by atoms with Crippen molar-refractivity contribution in [3.05, 3.63) is 59.6 Å². The third-order valence-electron chi connectivity index (χ3n) is 3.85. The average molecular weight is 266 g/mol. The number of nitrogens with zero attached hydrogens (tertiary/aromatic N) is 1. The summed E-state index contributed by atoms with van der Waals surface area (Å²) in [5.74, 6) is 0.149. The minimum Gasteiger partial charge on any atom is -0.358 e. The molecule has 3 rings (SSSR count). The second-order valence-corrected chi connectivity index (χ2v) is 5.33. The first-order valence-corrected chi connectivity index (χ1v) is 6.78. The molecule has 2 aromatic rings. The Morgan fingerprint density at radius 1 is 1.30 bits per heavy atom. The lowest BCUT2D eigenvalue weighted by molar-refractivity contribution is -0.113. The molecule has 0 fully saturated rings. The predicted molar refractivity (Wildman–Crippen MR) is 81.4 cm³/mol. The highest BCUT2D eigenvalue weighted by Crippen LogP contribution is 2.36. The first-order valence-electron chi connectivity index (χ1n) is 6.78. The number of hydrogen-bond donors (Lipinski definition) is 1. The molecule has 0 radical (unpaired) electrons. The van der Waals surface area contributed by atoms with Crippen molar-refractivity contribution in [2.75, 3.05) is 7.05 Å². The van der Waals surface area contributed by atoms with E-state index in [1.165, 1.54) is 10.9 Å². The summed E-state index contributed by atoms with van der Waals surface area (Å²) in [6.45, 7) is 3.70. The van der Waals surface area contributed by atoms with Crippen LogP contribution in [0.25, 0.3) is 10.9 Å². The summed E-state index contributed by atoms with van der Waals surface area (Å²) >= 11 is 0. The number of Topliss-reactive ketones (excluding diaryl/α,β-unsaturated/α-hetero) is 1. The van der Waals surface area contributed by atoms with Gasteiger partial charge in [0.25, 0.3) is 0 Å². The van der Waals surface area contributed by atoms with Gasteiger partial charge in [0, 0.05) is 47.5 Å². The Hall–Kier alpha value is -2.29. The van der Waals surface area contributed by atoms with Gasteiger partial charge in [-0.1, -0.05) is 24.3 Å². The molecular weight excluding hydrogens is 248 g/mol. The van der Waals surface area contributed by atoms with E-state index in [4.69, 9.17) is 0 Å². The lowest BCUT2D eigenvalue weighted by atomic mass is 9.86. The predicted octanol–water partition coefficient (Wildman–Crippen LogP) is 3.49. The van der Waals surface area contributed by atoms with E-state index in [1.54, 1.807) is 6.92 Å². The van der Waals surface area contributed by atoms with E-state index >= 15 is 0 Å². The fourth-order valence-electron chi connectivity index (χ4n) is 2.93. The van der Waals surface area contributed by atoms with Crippen LogP contribution in [-0.2, 0) is 4.79 Å². The van der Waals surface area contributed by atoms with Crippen LogP contribution < -0.4 is 0 Å². The molecule has 0 aliphatic carbocycles. The highest BCUT2D eigenvalue weighted by Gasteiger charge is 2.25. The van der Waals surface area contributed by atoms with Crippen molar-refractivity contribution in [1.82, 2.24) is 9.88 Å². The van der Waals surface area contributed by atoms with Gasteiger partial charge in [0.15, 0.2) is 5.78 Å². The van der Waals surface area contributed by atoms with Gasteiger partial charge >= 0.3 is 0 Å². The topological polar surface area (TPSA) is 36.1 Å². The summed E-state index contributed by atoms with van der Waals surface area (Å²) in [6, 6.07) is 8.24. The molecule has 102 valence electrons. The van der Waals surface area contributed by atoms with Crippen LogP contribution in [-0.4, -0.2) is 22.7 Å². The summed E-state index contributed by atoms with van der Waals surface area (Å²) in [7, 11) is 1.94.